The predicted octanol–water partition coefficient (Wildman–Crippen LogP) is 2.92. The van der Waals surface area contributed by atoms with E-state index in [0.29, 0.717) is 11.5 Å². The topological polar surface area (TPSA) is 36.4 Å². The second-order valence-electron chi connectivity index (χ2n) is 5.44. The fourth-order valence-corrected chi connectivity index (χ4v) is 2.58. The SMILES string of the molecule is CCC(C)NC(=NC)NCC1(CC)CCCC1. The van der Waals surface area contributed by atoms with Crippen molar-refractivity contribution in [3.05, 3.63) is 0 Å². The molecule has 0 aromatic heterocycles. The van der Waals surface area contributed by atoms with E-state index >= 15 is 0 Å². The zero-order valence-electron chi connectivity index (χ0n) is 12.0. The van der Waals surface area contributed by atoms with Crippen molar-refractivity contribution in [1.82, 2.24) is 10.6 Å². The standard InChI is InChI=1S/C14H29N3/c1-5-12(3)17-13(15-4)16-11-14(6-2)9-7-8-10-14/h12H,5-11H2,1-4H3,(H2,15,16,17). The molecule has 1 atom stereocenters. The fourth-order valence-electron chi connectivity index (χ4n) is 2.58. The summed E-state index contributed by atoms with van der Waals surface area (Å²) in [6.07, 6.45) is 7.94. The Balaban J connectivity index is 2.41. The first kappa shape index (κ1) is 14.3. The quantitative estimate of drug-likeness (QED) is 0.572. The molecule has 0 radical (unpaired) electrons. The van der Waals surface area contributed by atoms with Crippen molar-refractivity contribution in [2.24, 2.45) is 10.4 Å². The van der Waals surface area contributed by atoms with E-state index in [1.54, 1.807) is 0 Å². The maximum atomic E-state index is 4.30. The van der Waals surface area contributed by atoms with Gasteiger partial charge in [-0.2, -0.15) is 0 Å². The molecular formula is C14H29N3. The lowest BCUT2D eigenvalue weighted by molar-refractivity contribution is 0.283. The molecule has 1 fully saturated rings. The molecule has 3 nitrogen and oxygen atoms in total. The number of nitrogens with one attached hydrogen (secondary N) is 2. The molecule has 1 unspecified atom stereocenters. The van der Waals surface area contributed by atoms with Gasteiger partial charge in [-0.3, -0.25) is 4.99 Å². The van der Waals surface area contributed by atoms with E-state index in [1.807, 2.05) is 7.05 Å². The minimum absolute atomic E-state index is 0.488. The molecule has 1 aliphatic carbocycles. The van der Waals surface area contributed by atoms with E-state index in [1.165, 1.54) is 32.1 Å². The summed E-state index contributed by atoms with van der Waals surface area (Å²) in [5, 5.41) is 6.93. The van der Waals surface area contributed by atoms with Crippen LogP contribution in [0.1, 0.15) is 59.3 Å². The van der Waals surface area contributed by atoms with Crippen LogP contribution in [0.5, 0.6) is 0 Å². The Bertz CT molecular complexity index is 242. The molecule has 0 spiro atoms. The third-order valence-corrected chi connectivity index (χ3v) is 4.26. The Morgan fingerprint density at radius 1 is 1.29 bits per heavy atom. The second-order valence-corrected chi connectivity index (χ2v) is 5.44. The molecule has 0 saturated heterocycles. The third-order valence-electron chi connectivity index (χ3n) is 4.26. The minimum atomic E-state index is 0.488. The summed E-state index contributed by atoms with van der Waals surface area (Å²) in [6, 6.07) is 0.488. The number of guanidine groups is 1. The lowest BCUT2D eigenvalue weighted by atomic mass is 9.83. The van der Waals surface area contributed by atoms with Crippen LogP contribution in [0.2, 0.25) is 0 Å². The first-order valence-electron chi connectivity index (χ1n) is 7.13. The molecule has 2 N–H and O–H groups in total. The molecule has 0 aromatic carbocycles. The van der Waals surface area contributed by atoms with Gasteiger partial charge in [-0.25, -0.2) is 0 Å². The van der Waals surface area contributed by atoms with E-state index in [0.717, 1.165) is 18.9 Å². The smallest absolute Gasteiger partial charge is 0.191 e. The molecule has 1 saturated carbocycles. The van der Waals surface area contributed by atoms with Crippen molar-refractivity contribution in [1.29, 1.82) is 0 Å². The van der Waals surface area contributed by atoms with Crippen LogP contribution in [0.4, 0.5) is 0 Å². The van der Waals surface area contributed by atoms with E-state index in [9.17, 15) is 0 Å². The van der Waals surface area contributed by atoms with E-state index in [4.69, 9.17) is 0 Å². The van der Waals surface area contributed by atoms with Gasteiger partial charge in [0.25, 0.3) is 0 Å². The molecule has 17 heavy (non-hydrogen) atoms. The Morgan fingerprint density at radius 3 is 2.41 bits per heavy atom. The van der Waals surface area contributed by atoms with Gasteiger partial charge < -0.3 is 10.6 Å². The summed E-state index contributed by atoms with van der Waals surface area (Å²) in [4.78, 5) is 4.30. The van der Waals surface area contributed by atoms with Gasteiger partial charge in [0.2, 0.25) is 0 Å². The summed E-state index contributed by atoms with van der Waals surface area (Å²) >= 11 is 0. The predicted molar refractivity (Wildman–Crippen MR) is 75.4 cm³/mol. The fraction of sp³-hybridized carbons (Fsp3) is 0.929. The van der Waals surface area contributed by atoms with Gasteiger partial charge in [-0.15, -0.1) is 0 Å². The van der Waals surface area contributed by atoms with Crippen LogP contribution in [0, 0.1) is 5.41 Å². The van der Waals surface area contributed by atoms with Crippen molar-refractivity contribution in [3.63, 3.8) is 0 Å². The first-order valence-corrected chi connectivity index (χ1v) is 7.13. The lowest BCUT2D eigenvalue weighted by Gasteiger charge is -2.29. The summed E-state index contributed by atoms with van der Waals surface area (Å²) < 4.78 is 0. The van der Waals surface area contributed by atoms with Gasteiger partial charge in [0.1, 0.15) is 0 Å². The van der Waals surface area contributed by atoms with Gasteiger partial charge >= 0.3 is 0 Å². The van der Waals surface area contributed by atoms with Crippen LogP contribution in [-0.4, -0.2) is 25.6 Å². The zero-order valence-corrected chi connectivity index (χ0v) is 12.0. The van der Waals surface area contributed by atoms with Crippen LogP contribution in [0.15, 0.2) is 4.99 Å². The number of hydrogen-bond donors (Lipinski definition) is 2. The average molecular weight is 239 g/mol. The monoisotopic (exact) mass is 239 g/mol. The van der Waals surface area contributed by atoms with Crippen LogP contribution >= 0.6 is 0 Å². The highest BCUT2D eigenvalue weighted by Crippen LogP contribution is 2.40. The largest absolute Gasteiger partial charge is 0.356 e. The van der Waals surface area contributed by atoms with Crippen LogP contribution < -0.4 is 10.6 Å². The van der Waals surface area contributed by atoms with Gasteiger partial charge in [-0.1, -0.05) is 26.7 Å². The summed E-state index contributed by atoms with van der Waals surface area (Å²) in [7, 11) is 1.85. The molecule has 3 heteroatoms. The molecule has 1 rings (SSSR count). The van der Waals surface area contributed by atoms with Gasteiger partial charge in [-0.05, 0) is 38.0 Å². The van der Waals surface area contributed by atoms with Crippen LogP contribution in [0.25, 0.3) is 0 Å². The maximum absolute atomic E-state index is 4.30. The normalized spacial score (nSPS) is 21.3. The molecule has 0 aliphatic heterocycles. The number of hydrogen-bond acceptors (Lipinski definition) is 1. The van der Waals surface area contributed by atoms with Crippen molar-refractivity contribution in [3.8, 4) is 0 Å². The van der Waals surface area contributed by atoms with Gasteiger partial charge in [0.05, 0.1) is 0 Å². The lowest BCUT2D eigenvalue weighted by Crippen LogP contribution is -2.45. The Hall–Kier alpha value is -0.730. The number of aliphatic imine (C=N–C) groups is 1. The highest BCUT2D eigenvalue weighted by Gasteiger charge is 2.31. The number of rotatable bonds is 5. The minimum Gasteiger partial charge on any atom is -0.356 e. The number of nitrogens with zero attached hydrogens (tertiary/aromatic N) is 1. The molecule has 100 valence electrons. The Kier molecular flexibility index (Phi) is 5.79. The molecule has 1 aliphatic rings. The van der Waals surface area contributed by atoms with Crippen molar-refractivity contribution in [2.75, 3.05) is 13.6 Å². The van der Waals surface area contributed by atoms with E-state index < -0.39 is 0 Å². The Morgan fingerprint density at radius 2 is 1.94 bits per heavy atom. The van der Waals surface area contributed by atoms with Crippen molar-refractivity contribution in [2.45, 2.75) is 65.3 Å². The van der Waals surface area contributed by atoms with E-state index in [-0.39, 0.29) is 0 Å². The highest BCUT2D eigenvalue weighted by atomic mass is 15.2. The van der Waals surface area contributed by atoms with Crippen LogP contribution in [0.3, 0.4) is 0 Å². The molecule has 0 heterocycles. The van der Waals surface area contributed by atoms with Crippen LogP contribution in [-0.2, 0) is 0 Å². The second kappa shape index (κ2) is 6.87. The summed E-state index contributed by atoms with van der Waals surface area (Å²) in [5.74, 6) is 0.957. The maximum Gasteiger partial charge on any atom is 0.191 e. The molecular weight excluding hydrogens is 210 g/mol. The van der Waals surface area contributed by atoms with Gasteiger partial charge in [0.15, 0.2) is 5.96 Å². The summed E-state index contributed by atoms with van der Waals surface area (Å²) in [6.45, 7) is 7.77. The first-order chi connectivity index (χ1) is 8.15. The Labute approximate surface area is 106 Å². The average Bonchev–Trinajstić information content (AvgIpc) is 2.83. The molecule has 0 amide bonds. The van der Waals surface area contributed by atoms with Gasteiger partial charge in [0, 0.05) is 19.6 Å². The highest BCUT2D eigenvalue weighted by molar-refractivity contribution is 5.79. The third kappa shape index (κ3) is 4.21. The zero-order chi connectivity index (χ0) is 12.7. The molecule has 0 bridgehead atoms. The summed E-state index contributed by atoms with van der Waals surface area (Å²) in [5.41, 5.74) is 0.521. The van der Waals surface area contributed by atoms with Crippen molar-refractivity contribution >= 4 is 5.96 Å². The van der Waals surface area contributed by atoms with Crippen molar-refractivity contribution < 1.29 is 0 Å². The molecule has 0 aromatic rings. The van der Waals surface area contributed by atoms with E-state index in [2.05, 4.69) is 36.4 Å².